The molecule has 0 spiro atoms. The molecule has 0 aliphatic carbocycles. The van der Waals surface area contributed by atoms with Gasteiger partial charge in [-0.25, -0.2) is 4.79 Å². The van der Waals surface area contributed by atoms with Crippen molar-refractivity contribution < 1.29 is 14.7 Å². The van der Waals surface area contributed by atoms with Gasteiger partial charge in [-0.3, -0.25) is 0 Å². The van der Waals surface area contributed by atoms with Crippen LogP contribution in [0.4, 0.5) is 0 Å². The van der Waals surface area contributed by atoms with Crippen LogP contribution in [0.5, 0.6) is 0 Å². The number of hydrogen-bond donors (Lipinski definition) is 2. The van der Waals surface area contributed by atoms with Crippen molar-refractivity contribution in [1.29, 1.82) is 0 Å². The van der Waals surface area contributed by atoms with Crippen molar-refractivity contribution in [2.24, 2.45) is 11.1 Å². The second-order valence-electron chi connectivity index (χ2n) is 3.02. The Morgan fingerprint density at radius 2 is 2.58 bits per heavy atom. The molecule has 5 heteroatoms. The summed E-state index contributed by atoms with van der Waals surface area (Å²) in [5.41, 5.74) is 0.159. The number of fused-ring (bicyclic) bond motifs is 1. The number of carboxylic acids is 1. The molecule has 0 unspecified atom stereocenters. The monoisotopic (exact) mass is 170 g/mol. The maximum atomic E-state index is 10.6. The number of aliphatic carboxylic acids is 1. The van der Waals surface area contributed by atoms with E-state index in [1.165, 1.54) is 0 Å². The molecule has 0 aromatic rings. The Morgan fingerprint density at radius 1 is 1.75 bits per heavy atom. The fourth-order valence-electron chi connectivity index (χ4n) is 1.62. The first-order chi connectivity index (χ1) is 5.79. The lowest BCUT2D eigenvalue weighted by Gasteiger charge is -2.23. The minimum absolute atomic E-state index is 0.0163. The summed E-state index contributed by atoms with van der Waals surface area (Å²) < 4.78 is 0. The van der Waals surface area contributed by atoms with E-state index in [4.69, 9.17) is 9.94 Å². The normalized spacial score (nSPS) is 33.5. The molecule has 0 bridgehead atoms. The predicted octanol–water partition coefficient (Wildman–Crippen LogP) is -0.565. The molecule has 0 aromatic carbocycles. The Balaban J connectivity index is 2.13. The lowest BCUT2D eigenvalue weighted by atomic mass is 9.92. The maximum Gasteiger partial charge on any atom is 0.354 e. The summed E-state index contributed by atoms with van der Waals surface area (Å²) >= 11 is 0. The standard InChI is InChI=1S/C7H10N2O3/c10-7(11)6-4-3-8-2-1-5(4)12-9-6/h4-5,8H,1-3H2,(H,10,11)/t4-,5+/m1/s1. The van der Waals surface area contributed by atoms with Crippen LogP contribution in [0, 0.1) is 5.92 Å². The number of rotatable bonds is 1. The van der Waals surface area contributed by atoms with Gasteiger partial charge in [0.25, 0.3) is 0 Å². The molecule has 2 rings (SSSR count). The summed E-state index contributed by atoms with van der Waals surface area (Å²) in [7, 11) is 0. The van der Waals surface area contributed by atoms with E-state index in [0.29, 0.717) is 6.54 Å². The second-order valence-corrected chi connectivity index (χ2v) is 3.02. The number of carboxylic acid groups (broad SMARTS) is 1. The van der Waals surface area contributed by atoms with Crippen LogP contribution in [0.15, 0.2) is 5.16 Å². The van der Waals surface area contributed by atoms with Gasteiger partial charge < -0.3 is 15.3 Å². The molecular formula is C7H10N2O3. The van der Waals surface area contributed by atoms with E-state index in [0.717, 1.165) is 13.0 Å². The van der Waals surface area contributed by atoms with Crippen LogP contribution in [-0.4, -0.2) is 36.0 Å². The fourth-order valence-corrected chi connectivity index (χ4v) is 1.62. The third-order valence-electron chi connectivity index (χ3n) is 2.28. The topological polar surface area (TPSA) is 70.9 Å². The fraction of sp³-hybridized carbons (Fsp3) is 0.714. The molecule has 1 saturated heterocycles. The van der Waals surface area contributed by atoms with Gasteiger partial charge in [0.2, 0.25) is 0 Å². The van der Waals surface area contributed by atoms with E-state index >= 15 is 0 Å². The van der Waals surface area contributed by atoms with E-state index in [1.54, 1.807) is 0 Å². The first kappa shape index (κ1) is 7.54. The summed E-state index contributed by atoms with van der Waals surface area (Å²) in [6.07, 6.45) is 0.822. The minimum Gasteiger partial charge on any atom is -0.477 e. The number of nitrogens with zero attached hydrogens (tertiary/aromatic N) is 1. The second kappa shape index (κ2) is 2.75. The highest BCUT2D eigenvalue weighted by atomic mass is 16.6. The Morgan fingerprint density at radius 3 is 3.33 bits per heavy atom. The quantitative estimate of drug-likeness (QED) is 0.553. The van der Waals surface area contributed by atoms with E-state index in [9.17, 15) is 4.79 Å². The molecule has 1 fully saturated rings. The molecule has 5 nitrogen and oxygen atoms in total. The molecule has 2 atom stereocenters. The van der Waals surface area contributed by atoms with Crippen molar-refractivity contribution in [3.63, 3.8) is 0 Å². The van der Waals surface area contributed by atoms with Gasteiger partial charge in [-0.05, 0) is 6.54 Å². The summed E-state index contributed by atoms with van der Waals surface area (Å²) in [6, 6.07) is 0. The van der Waals surface area contributed by atoms with Gasteiger partial charge in [0.05, 0.1) is 5.92 Å². The summed E-state index contributed by atoms with van der Waals surface area (Å²) in [5, 5.41) is 15.4. The number of carbonyl (C=O) groups is 1. The predicted molar refractivity (Wildman–Crippen MR) is 40.9 cm³/mol. The van der Waals surface area contributed by atoms with Crippen LogP contribution in [0.25, 0.3) is 0 Å². The van der Waals surface area contributed by atoms with Gasteiger partial charge >= 0.3 is 5.97 Å². The molecule has 0 radical (unpaired) electrons. The zero-order valence-corrected chi connectivity index (χ0v) is 6.49. The summed E-state index contributed by atoms with van der Waals surface area (Å²) in [5.74, 6) is -1.03. The molecular weight excluding hydrogens is 160 g/mol. The Hall–Kier alpha value is -1.10. The summed E-state index contributed by atoms with van der Waals surface area (Å²) in [4.78, 5) is 15.6. The van der Waals surface area contributed by atoms with Gasteiger partial charge in [0.1, 0.15) is 6.10 Å². The first-order valence-corrected chi connectivity index (χ1v) is 3.97. The van der Waals surface area contributed by atoms with Crippen LogP contribution in [0.2, 0.25) is 0 Å². The Bertz CT molecular complexity index is 239. The largest absolute Gasteiger partial charge is 0.477 e. The van der Waals surface area contributed by atoms with Gasteiger partial charge in [-0.1, -0.05) is 5.16 Å². The van der Waals surface area contributed by atoms with E-state index < -0.39 is 5.97 Å². The molecule has 0 amide bonds. The third kappa shape index (κ3) is 1.06. The zero-order valence-electron chi connectivity index (χ0n) is 6.49. The number of oxime groups is 1. The van der Waals surface area contributed by atoms with Crippen molar-refractivity contribution in [2.75, 3.05) is 13.1 Å². The highest BCUT2D eigenvalue weighted by molar-refractivity contribution is 6.36. The minimum atomic E-state index is -0.966. The lowest BCUT2D eigenvalue weighted by Crippen LogP contribution is -2.43. The van der Waals surface area contributed by atoms with Crippen molar-refractivity contribution in [2.45, 2.75) is 12.5 Å². The third-order valence-corrected chi connectivity index (χ3v) is 2.28. The van der Waals surface area contributed by atoms with Crippen molar-refractivity contribution in [1.82, 2.24) is 5.32 Å². The van der Waals surface area contributed by atoms with Crippen LogP contribution >= 0.6 is 0 Å². The van der Waals surface area contributed by atoms with Gasteiger partial charge in [0.15, 0.2) is 5.71 Å². The van der Waals surface area contributed by atoms with Crippen LogP contribution in [0.1, 0.15) is 6.42 Å². The zero-order chi connectivity index (χ0) is 8.55. The van der Waals surface area contributed by atoms with E-state index in [1.807, 2.05) is 0 Å². The van der Waals surface area contributed by atoms with E-state index in [-0.39, 0.29) is 17.7 Å². The van der Waals surface area contributed by atoms with Crippen molar-refractivity contribution in [3.05, 3.63) is 0 Å². The SMILES string of the molecule is O=C(O)C1=NO[C@H]2CCNC[C@@H]12. The Labute approximate surface area is 69.4 Å². The number of nitrogens with one attached hydrogen (secondary N) is 1. The Kier molecular flexibility index (Phi) is 1.73. The highest BCUT2D eigenvalue weighted by Gasteiger charge is 2.39. The molecule has 0 saturated carbocycles. The number of hydrogen-bond acceptors (Lipinski definition) is 4. The van der Waals surface area contributed by atoms with Gasteiger partial charge in [-0.2, -0.15) is 0 Å². The molecule has 0 aromatic heterocycles. The maximum absolute atomic E-state index is 10.6. The van der Waals surface area contributed by atoms with E-state index in [2.05, 4.69) is 10.5 Å². The van der Waals surface area contributed by atoms with Gasteiger partial charge in [-0.15, -0.1) is 0 Å². The average Bonchev–Trinajstić information content (AvgIpc) is 2.47. The highest BCUT2D eigenvalue weighted by Crippen LogP contribution is 2.23. The van der Waals surface area contributed by atoms with Crippen molar-refractivity contribution >= 4 is 11.7 Å². The lowest BCUT2D eigenvalue weighted by molar-refractivity contribution is -0.129. The smallest absolute Gasteiger partial charge is 0.354 e. The van der Waals surface area contributed by atoms with Crippen LogP contribution in [-0.2, 0) is 9.63 Å². The van der Waals surface area contributed by atoms with Crippen molar-refractivity contribution in [3.8, 4) is 0 Å². The summed E-state index contributed by atoms with van der Waals surface area (Å²) in [6.45, 7) is 1.54. The molecule has 2 N–H and O–H groups in total. The average molecular weight is 170 g/mol. The van der Waals surface area contributed by atoms with Gasteiger partial charge in [0, 0.05) is 13.0 Å². The molecule has 2 aliphatic rings. The molecule has 2 aliphatic heterocycles. The van der Waals surface area contributed by atoms with Crippen LogP contribution in [0.3, 0.4) is 0 Å². The first-order valence-electron chi connectivity index (χ1n) is 3.97. The molecule has 2 heterocycles. The molecule has 12 heavy (non-hydrogen) atoms. The molecule has 66 valence electrons. The van der Waals surface area contributed by atoms with Crippen LogP contribution < -0.4 is 5.32 Å². The number of piperidine rings is 1.